The third-order valence-electron chi connectivity index (χ3n) is 3.47. The average molecular weight is 261 g/mol. The van der Waals surface area contributed by atoms with Gasteiger partial charge in [0.1, 0.15) is 0 Å². The summed E-state index contributed by atoms with van der Waals surface area (Å²) in [6, 6.07) is 10.4. The van der Waals surface area contributed by atoms with Crippen LogP contribution >= 0.6 is 0 Å². The molecular weight excluding hydrogens is 238 g/mol. The molecule has 0 aromatic heterocycles. The van der Waals surface area contributed by atoms with Crippen molar-refractivity contribution in [2.24, 2.45) is 5.73 Å². The van der Waals surface area contributed by atoms with Crippen molar-refractivity contribution in [3.8, 4) is 0 Å². The number of rotatable bonds is 4. The molecule has 1 saturated heterocycles. The van der Waals surface area contributed by atoms with Crippen LogP contribution in [0.1, 0.15) is 18.9 Å². The van der Waals surface area contributed by atoms with Crippen LogP contribution in [0, 0.1) is 0 Å². The van der Waals surface area contributed by atoms with Crippen LogP contribution in [0.4, 0.5) is 0 Å². The monoisotopic (exact) mass is 261 g/mol. The molecule has 0 aliphatic carbocycles. The van der Waals surface area contributed by atoms with Gasteiger partial charge >= 0.3 is 0 Å². The Labute approximate surface area is 115 Å². The second kappa shape index (κ2) is 6.68. The van der Waals surface area contributed by atoms with Crippen molar-refractivity contribution in [2.75, 3.05) is 26.2 Å². The maximum atomic E-state index is 11.9. The van der Waals surface area contributed by atoms with E-state index >= 15 is 0 Å². The molecule has 1 heterocycles. The van der Waals surface area contributed by atoms with Crippen LogP contribution in [0.25, 0.3) is 0 Å². The minimum absolute atomic E-state index is 0.0464. The van der Waals surface area contributed by atoms with E-state index in [4.69, 9.17) is 5.73 Å². The van der Waals surface area contributed by atoms with Crippen LogP contribution in [-0.2, 0) is 11.3 Å². The molecule has 0 spiro atoms. The van der Waals surface area contributed by atoms with Gasteiger partial charge in [-0.1, -0.05) is 30.3 Å². The summed E-state index contributed by atoms with van der Waals surface area (Å²) in [6.45, 7) is 6.37. The zero-order valence-corrected chi connectivity index (χ0v) is 11.6. The number of benzene rings is 1. The highest BCUT2D eigenvalue weighted by molar-refractivity contribution is 5.76. The smallest absolute Gasteiger partial charge is 0.224 e. The summed E-state index contributed by atoms with van der Waals surface area (Å²) in [4.78, 5) is 16.2. The summed E-state index contributed by atoms with van der Waals surface area (Å²) in [5.74, 6) is 0.189. The van der Waals surface area contributed by atoms with E-state index in [2.05, 4.69) is 29.2 Å². The number of piperazine rings is 1. The summed E-state index contributed by atoms with van der Waals surface area (Å²) in [5.41, 5.74) is 7.00. The molecule has 0 radical (unpaired) electrons. The van der Waals surface area contributed by atoms with Gasteiger partial charge in [-0.25, -0.2) is 0 Å². The lowest BCUT2D eigenvalue weighted by molar-refractivity contribution is -0.133. The van der Waals surface area contributed by atoms with E-state index in [1.807, 2.05) is 17.9 Å². The molecule has 2 N–H and O–H groups in total. The van der Waals surface area contributed by atoms with E-state index in [-0.39, 0.29) is 11.9 Å². The van der Waals surface area contributed by atoms with Crippen LogP contribution in [0.2, 0.25) is 0 Å². The van der Waals surface area contributed by atoms with Crippen molar-refractivity contribution in [1.82, 2.24) is 9.80 Å². The molecule has 4 nitrogen and oxygen atoms in total. The highest BCUT2D eigenvalue weighted by atomic mass is 16.2. The Morgan fingerprint density at radius 1 is 1.21 bits per heavy atom. The Morgan fingerprint density at radius 2 is 1.84 bits per heavy atom. The third kappa shape index (κ3) is 4.33. The second-order valence-corrected chi connectivity index (χ2v) is 5.32. The molecule has 1 amide bonds. The maximum absolute atomic E-state index is 11.9. The van der Waals surface area contributed by atoms with Crippen molar-refractivity contribution < 1.29 is 4.79 Å². The molecule has 1 fully saturated rings. The van der Waals surface area contributed by atoms with Crippen LogP contribution in [0.5, 0.6) is 0 Å². The molecule has 1 aromatic rings. The van der Waals surface area contributed by atoms with Gasteiger partial charge in [-0.15, -0.1) is 0 Å². The Hall–Kier alpha value is -1.39. The minimum atomic E-state index is -0.0464. The zero-order chi connectivity index (χ0) is 13.7. The number of nitrogens with two attached hydrogens (primary N) is 1. The first kappa shape index (κ1) is 14.0. The van der Waals surface area contributed by atoms with E-state index in [9.17, 15) is 4.79 Å². The van der Waals surface area contributed by atoms with Crippen molar-refractivity contribution in [3.05, 3.63) is 35.9 Å². The standard InChI is InChI=1S/C15H23N3O/c1-13(16)11-15(19)18-9-7-17(8-10-18)12-14-5-3-2-4-6-14/h2-6,13H,7-12,16H2,1H3. The Morgan fingerprint density at radius 3 is 2.42 bits per heavy atom. The summed E-state index contributed by atoms with van der Waals surface area (Å²) >= 11 is 0. The molecule has 1 aliphatic rings. The molecule has 1 aliphatic heterocycles. The van der Waals surface area contributed by atoms with Crippen molar-refractivity contribution >= 4 is 5.91 Å². The van der Waals surface area contributed by atoms with Crippen LogP contribution < -0.4 is 5.73 Å². The lowest BCUT2D eigenvalue weighted by Crippen LogP contribution is -2.49. The highest BCUT2D eigenvalue weighted by Crippen LogP contribution is 2.09. The summed E-state index contributed by atoms with van der Waals surface area (Å²) in [5, 5.41) is 0. The van der Waals surface area contributed by atoms with Crippen molar-refractivity contribution in [1.29, 1.82) is 0 Å². The van der Waals surface area contributed by atoms with Crippen LogP contribution in [0.15, 0.2) is 30.3 Å². The van der Waals surface area contributed by atoms with Crippen molar-refractivity contribution in [3.63, 3.8) is 0 Å². The quantitative estimate of drug-likeness (QED) is 0.882. The fourth-order valence-corrected chi connectivity index (χ4v) is 2.40. The maximum Gasteiger partial charge on any atom is 0.224 e. The fraction of sp³-hybridized carbons (Fsp3) is 0.533. The normalized spacial score (nSPS) is 18.3. The summed E-state index contributed by atoms with van der Waals surface area (Å²) < 4.78 is 0. The molecule has 2 rings (SSSR count). The van der Waals surface area contributed by atoms with E-state index in [1.54, 1.807) is 0 Å². The molecule has 1 atom stereocenters. The van der Waals surface area contributed by atoms with Gasteiger partial charge in [0.2, 0.25) is 5.91 Å². The van der Waals surface area contributed by atoms with Crippen LogP contribution in [0.3, 0.4) is 0 Å². The highest BCUT2D eigenvalue weighted by Gasteiger charge is 2.21. The van der Waals surface area contributed by atoms with Crippen LogP contribution in [-0.4, -0.2) is 47.9 Å². The van der Waals surface area contributed by atoms with Gasteiger partial charge in [-0.2, -0.15) is 0 Å². The van der Waals surface area contributed by atoms with E-state index in [0.29, 0.717) is 6.42 Å². The fourth-order valence-electron chi connectivity index (χ4n) is 2.40. The second-order valence-electron chi connectivity index (χ2n) is 5.32. The Kier molecular flexibility index (Phi) is 4.93. The molecule has 4 heteroatoms. The van der Waals surface area contributed by atoms with Gasteiger partial charge in [0.05, 0.1) is 0 Å². The molecule has 19 heavy (non-hydrogen) atoms. The van der Waals surface area contributed by atoms with Gasteiger partial charge in [0.15, 0.2) is 0 Å². The van der Waals surface area contributed by atoms with E-state index < -0.39 is 0 Å². The summed E-state index contributed by atoms with van der Waals surface area (Å²) in [7, 11) is 0. The Balaban J connectivity index is 1.78. The lowest BCUT2D eigenvalue weighted by atomic mass is 10.2. The number of hydrogen-bond donors (Lipinski definition) is 1. The topological polar surface area (TPSA) is 49.6 Å². The SMILES string of the molecule is CC(N)CC(=O)N1CCN(Cc2ccccc2)CC1. The van der Waals surface area contributed by atoms with Crippen molar-refractivity contribution in [2.45, 2.75) is 25.9 Å². The number of amides is 1. The number of hydrogen-bond acceptors (Lipinski definition) is 3. The van der Waals surface area contributed by atoms with Gasteiger partial charge < -0.3 is 10.6 Å². The third-order valence-corrected chi connectivity index (χ3v) is 3.47. The number of carbonyl (C=O) groups is 1. The number of nitrogens with zero attached hydrogens (tertiary/aromatic N) is 2. The largest absolute Gasteiger partial charge is 0.340 e. The zero-order valence-electron chi connectivity index (χ0n) is 11.6. The first-order chi connectivity index (χ1) is 9.15. The molecule has 1 unspecified atom stereocenters. The molecule has 1 aromatic carbocycles. The first-order valence-corrected chi connectivity index (χ1v) is 6.95. The molecule has 0 saturated carbocycles. The van der Waals surface area contributed by atoms with Gasteiger partial charge in [0.25, 0.3) is 0 Å². The molecule has 0 bridgehead atoms. The van der Waals surface area contributed by atoms with Gasteiger partial charge in [-0.05, 0) is 12.5 Å². The minimum Gasteiger partial charge on any atom is -0.340 e. The van der Waals surface area contributed by atoms with Gasteiger partial charge in [0, 0.05) is 45.2 Å². The van der Waals surface area contributed by atoms with Gasteiger partial charge in [-0.3, -0.25) is 9.69 Å². The Bertz CT molecular complexity index is 397. The van der Waals surface area contributed by atoms with E-state index in [1.165, 1.54) is 5.56 Å². The molecule has 104 valence electrons. The number of carbonyl (C=O) groups excluding carboxylic acids is 1. The first-order valence-electron chi connectivity index (χ1n) is 6.95. The predicted molar refractivity (Wildman–Crippen MR) is 76.6 cm³/mol. The predicted octanol–water partition coefficient (Wildman–Crippen LogP) is 1.07. The molecular formula is C15H23N3O. The lowest BCUT2D eigenvalue weighted by Gasteiger charge is -2.35. The average Bonchev–Trinajstić information content (AvgIpc) is 2.40. The summed E-state index contributed by atoms with van der Waals surface area (Å²) in [6.07, 6.45) is 0.457. The van der Waals surface area contributed by atoms with E-state index in [0.717, 1.165) is 32.7 Å².